The molecule has 1 N–H and O–H groups in total. The first kappa shape index (κ1) is 15.2. The van der Waals surface area contributed by atoms with Crippen molar-refractivity contribution in [2.45, 2.75) is 32.7 Å². The van der Waals surface area contributed by atoms with Gasteiger partial charge in [-0.15, -0.1) is 11.3 Å². The highest BCUT2D eigenvalue weighted by atomic mass is 79.9. The molecule has 0 aliphatic rings. The number of thiazole rings is 1. The van der Waals surface area contributed by atoms with Crippen LogP contribution in [0.25, 0.3) is 10.6 Å². The van der Waals surface area contributed by atoms with Crippen LogP contribution in [0.15, 0.2) is 34.1 Å². The molecule has 1 aromatic carbocycles. The molecule has 0 atom stereocenters. The van der Waals surface area contributed by atoms with Crippen LogP contribution in [0, 0.1) is 0 Å². The number of halogens is 1. The summed E-state index contributed by atoms with van der Waals surface area (Å²) in [4.78, 5) is 16.4. The fraction of sp³-hybridized carbons (Fsp3) is 0.333. The van der Waals surface area contributed by atoms with Gasteiger partial charge in [0, 0.05) is 21.0 Å². The Balaban J connectivity index is 2.08. The van der Waals surface area contributed by atoms with E-state index < -0.39 is 0 Å². The highest BCUT2D eigenvalue weighted by Crippen LogP contribution is 2.26. The monoisotopic (exact) mass is 352 g/mol. The number of benzene rings is 1. The number of aromatic nitrogens is 1. The molecule has 3 nitrogen and oxygen atoms in total. The van der Waals surface area contributed by atoms with Gasteiger partial charge in [0.25, 0.3) is 0 Å². The Morgan fingerprint density at radius 1 is 1.40 bits per heavy atom. The van der Waals surface area contributed by atoms with Crippen LogP contribution in [0.4, 0.5) is 0 Å². The number of carbonyl (C=O) groups is 1. The molecule has 1 amide bonds. The molecule has 0 aliphatic heterocycles. The minimum absolute atomic E-state index is 0.00333. The van der Waals surface area contributed by atoms with Gasteiger partial charge < -0.3 is 5.32 Å². The number of hydrogen-bond donors (Lipinski definition) is 1. The predicted octanol–water partition coefficient (Wildman–Crippen LogP) is 4.03. The van der Waals surface area contributed by atoms with E-state index in [0.29, 0.717) is 6.42 Å². The zero-order valence-electron chi connectivity index (χ0n) is 11.7. The molecule has 20 heavy (non-hydrogen) atoms. The summed E-state index contributed by atoms with van der Waals surface area (Å²) in [5.41, 5.74) is 1.67. The van der Waals surface area contributed by atoms with E-state index in [1.807, 2.05) is 50.4 Å². The van der Waals surface area contributed by atoms with Crippen molar-refractivity contribution in [3.05, 3.63) is 39.8 Å². The van der Waals surface area contributed by atoms with Gasteiger partial charge in [0.2, 0.25) is 5.91 Å². The third-order valence-electron chi connectivity index (χ3n) is 2.48. The van der Waals surface area contributed by atoms with E-state index in [0.717, 1.165) is 20.7 Å². The molecule has 5 heteroatoms. The highest BCUT2D eigenvalue weighted by molar-refractivity contribution is 9.10. The molecular weight excluding hydrogens is 336 g/mol. The van der Waals surface area contributed by atoms with E-state index in [2.05, 4.69) is 26.2 Å². The molecule has 0 radical (unpaired) electrons. The lowest BCUT2D eigenvalue weighted by Gasteiger charge is -2.20. The molecule has 106 valence electrons. The maximum Gasteiger partial charge on any atom is 0.226 e. The van der Waals surface area contributed by atoms with E-state index in [1.54, 1.807) is 11.3 Å². The summed E-state index contributed by atoms with van der Waals surface area (Å²) in [6.07, 6.45) is 0.321. The SMILES string of the molecule is CC(C)(C)NC(=O)Cc1csc(-c2cccc(Br)c2)n1. The van der Waals surface area contributed by atoms with Crippen LogP contribution in [0.5, 0.6) is 0 Å². The van der Waals surface area contributed by atoms with Crippen molar-refractivity contribution < 1.29 is 4.79 Å². The third kappa shape index (κ3) is 4.42. The Morgan fingerprint density at radius 3 is 2.80 bits per heavy atom. The van der Waals surface area contributed by atoms with Gasteiger partial charge >= 0.3 is 0 Å². The lowest BCUT2D eigenvalue weighted by atomic mass is 10.1. The second-order valence-corrected chi connectivity index (χ2v) is 7.40. The minimum Gasteiger partial charge on any atom is -0.351 e. The molecule has 0 unspecified atom stereocenters. The zero-order valence-corrected chi connectivity index (χ0v) is 14.1. The molecule has 2 aromatic rings. The van der Waals surface area contributed by atoms with Crippen molar-refractivity contribution in [3.8, 4) is 10.6 Å². The summed E-state index contributed by atoms with van der Waals surface area (Å²) in [6.45, 7) is 5.91. The first-order valence-corrected chi connectivity index (χ1v) is 8.02. The maximum atomic E-state index is 11.9. The molecule has 0 aliphatic carbocycles. The standard InChI is InChI=1S/C15H17BrN2OS/c1-15(2,3)18-13(19)8-12-9-20-14(17-12)10-5-4-6-11(16)7-10/h4-7,9H,8H2,1-3H3,(H,18,19). The van der Waals surface area contributed by atoms with Crippen LogP contribution >= 0.6 is 27.3 Å². The number of rotatable bonds is 3. The van der Waals surface area contributed by atoms with Gasteiger partial charge in [0.15, 0.2) is 0 Å². The summed E-state index contributed by atoms with van der Waals surface area (Å²) in [5.74, 6) is 0.00333. The van der Waals surface area contributed by atoms with Crippen LogP contribution in [-0.2, 0) is 11.2 Å². The van der Waals surface area contributed by atoms with Crippen LogP contribution in [0.1, 0.15) is 26.5 Å². The first-order valence-electron chi connectivity index (χ1n) is 6.35. The Labute approximate surface area is 131 Å². The van der Waals surface area contributed by atoms with Gasteiger partial charge in [-0.05, 0) is 32.9 Å². The van der Waals surface area contributed by atoms with Crippen molar-refractivity contribution in [2.24, 2.45) is 0 Å². The van der Waals surface area contributed by atoms with Crippen molar-refractivity contribution in [1.82, 2.24) is 10.3 Å². The molecule has 0 bridgehead atoms. The fourth-order valence-corrected chi connectivity index (χ4v) is 2.99. The first-order chi connectivity index (χ1) is 9.33. The van der Waals surface area contributed by atoms with E-state index in [1.165, 1.54) is 0 Å². The van der Waals surface area contributed by atoms with E-state index >= 15 is 0 Å². The highest BCUT2D eigenvalue weighted by Gasteiger charge is 2.15. The molecule has 1 aromatic heterocycles. The smallest absolute Gasteiger partial charge is 0.226 e. The number of hydrogen-bond acceptors (Lipinski definition) is 3. The fourth-order valence-electron chi connectivity index (χ4n) is 1.77. The average Bonchev–Trinajstić information content (AvgIpc) is 2.74. The van der Waals surface area contributed by atoms with Gasteiger partial charge in [-0.2, -0.15) is 0 Å². The summed E-state index contributed by atoms with van der Waals surface area (Å²) >= 11 is 5.01. The quantitative estimate of drug-likeness (QED) is 0.905. The molecule has 1 heterocycles. The van der Waals surface area contributed by atoms with Crippen molar-refractivity contribution in [3.63, 3.8) is 0 Å². The predicted molar refractivity (Wildman–Crippen MR) is 86.8 cm³/mol. The number of amides is 1. The van der Waals surface area contributed by atoms with Gasteiger partial charge in [-0.3, -0.25) is 4.79 Å². The number of nitrogens with one attached hydrogen (secondary N) is 1. The van der Waals surface area contributed by atoms with Crippen LogP contribution in [0.3, 0.4) is 0 Å². The number of nitrogens with zero attached hydrogens (tertiary/aromatic N) is 1. The summed E-state index contributed by atoms with van der Waals surface area (Å²) < 4.78 is 1.03. The van der Waals surface area contributed by atoms with Gasteiger partial charge in [-0.1, -0.05) is 28.1 Å². The second kappa shape index (κ2) is 6.06. The lowest BCUT2D eigenvalue weighted by molar-refractivity contribution is -0.121. The Kier molecular flexibility index (Phi) is 4.60. The van der Waals surface area contributed by atoms with Crippen LogP contribution in [-0.4, -0.2) is 16.4 Å². The lowest BCUT2D eigenvalue weighted by Crippen LogP contribution is -2.41. The van der Waals surface area contributed by atoms with Gasteiger partial charge in [-0.25, -0.2) is 4.98 Å². The maximum absolute atomic E-state index is 11.9. The zero-order chi connectivity index (χ0) is 14.8. The Morgan fingerprint density at radius 2 is 2.15 bits per heavy atom. The van der Waals surface area contributed by atoms with Gasteiger partial charge in [0.1, 0.15) is 5.01 Å². The van der Waals surface area contributed by atoms with Gasteiger partial charge in [0.05, 0.1) is 12.1 Å². The van der Waals surface area contributed by atoms with Crippen LogP contribution < -0.4 is 5.32 Å². The second-order valence-electron chi connectivity index (χ2n) is 5.63. The topological polar surface area (TPSA) is 42.0 Å². The summed E-state index contributed by atoms with van der Waals surface area (Å²) in [5, 5.41) is 5.82. The van der Waals surface area contributed by atoms with E-state index in [-0.39, 0.29) is 11.4 Å². The Bertz CT molecular complexity index is 616. The normalized spacial score (nSPS) is 11.4. The largest absolute Gasteiger partial charge is 0.351 e. The van der Waals surface area contributed by atoms with Crippen molar-refractivity contribution >= 4 is 33.2 Å². The molecule has 0 saturated carbocycles. The molecule has 0 spiro atoms. The van der Waals surface area contributed by atoms with Crippen molar-refractivity contribution in [1.29, 1.82) is 0 Å². The molecule has 0 fully saturated rings. The summed E-state index contributed by atoms with van der Waals surface area (Å²) in [7, 11) is 0. The Hall–Kier alpha value is -1.20. The average molecular weight is 353 g/mol. The molecule has 2 rings (SSSR count). The summed E-state index contributed by atoms with van der Waals surface area (Å²) in [6, 6.07) is 8.00. The van der Waals surface area contributed by atoms with Crippen LogP contribution in [0.2, 0.25) is 0 Å². The minimum atomic E-state index is -0.208. The molecule has 0 saturated heterocycles. The van der Waals surface area contributed by atoms with Crippen molar-refractivity contribution in [2.75, 3.05) is 0 Å². The van der Waals surface area contributed by atoms with E-state index in [4.69, 9.17) is 0 Å². The number of carbonyl (C=O) groups excluding carboxylic acids is 1. The molecular formula is C15H17BrN2OS. The van der Waals surface area contributed by atoms with E-state index in [9.17, 15) is 4.79 Å². The third-order valence-corrected chi connectivity index (χ3v) is 3.91.